The van der Waals surface area contributed by atoms with Gasteiger partial charge in [-0.1, -0.05) is 83.0 Å². The van der Waals surface area contributed by atoms with Crippen molar-refractivity contribution < 1.29 is 19.3 Å². The van der Waals surface area contributed by atoms with Gasteiger partial charge >= 0.3 is 11.9 Å². The lowest BCUT2D eigenvalue weighted by Crippen LogP contribution is -2.19. The number of carbonyl (C=O) groups is 2. The maximum Gasteiger partial charge on any atom is 0.365 e. The highest BCUT2D eigenvalue weighted by Crippen LogP contribution is 2.37. The fraction of sp³-hybridized carbons (Fsp3) is 0. The Bertz CT molecular complexity index is 1530. The van der Waals surface area contributed by atoms with E-state index in [1.165, 1.54) is 0 Å². The average molecular weight is 529 g/mol. The van der Waals surface area contributed by atoms with Gasteiger partial charge in [-0.25, -0.2) is 15.1 Å². The van der Waals surface area contributed by atoms with Crippen molar-refractivity contribution in [2.24, 2.45) is 5.16 Å². The van der Waals surface area contributed by atoms with Crippen LogP contribution < -0.4 is 5.48 Å². The Morgan fingerprint density at radius 3 is 1.81 bits per heavy atom. The summed E-state index contributed by atoms with van der Waals surface area (Å²) in [6.07, 6.45) is 0. The second-order valence-electron chi connectivity index (χ2n) is 7.99. The van der Waals surface area contributed by atoms with Crippen molar-refractivity contribution in [1.82, 2.24) is 5.48 Å². The molecule has 4 aromatic carbocycles. The van der Waals surface area contributed by atoms with E-state index in [0.29, 0.717) is 43.7 Å². The molecule has 37 heavy (non-hydrogen) atoms. The molecule has 0 aliphatic heterocycles. The number of nitrogens with zero attached hydrogens (tertiary/aromatic N) is 1. The lowest BCUT2D eigenvalue weighted by Gasteiger charge is -2.12. The quantitative estimate of drug-likeness (QED) is 0.220. The van der Waals surface area contributed by atoms with Crippen molar-refractivity contribution in [3.8, 4) is 0 Å². The van der Waals surface area contributed by atoms with Gasteiger partial charge in [0.15, 0.2) is 0 Å². The molecule has 0 radical (unpaired) electrons. The third-order valence-corrected chi connectivity index (χ3v) is 6.13. The summed E-state index contributed by atoms with van der Waals surface area (Å²) >= 11 is 11.8. The Kier molecular flexibility index (Phi) is 7.03. The smallest absolute Gasteiger partial charge is 0.338 e. The van der Waals surface area contributed by atoms with Crippen molar-refractivity contribution in [1.29, 1.82) is 0 Å². The van der Waals surface area contributed by atoms with Gasteiger partial charge in [-0.05, 0) is 54.1 Å². The van der Waals surface area contributed by atoms with Crippen LogP contribution in [0.25, 0.3) is 11.3 Å². The first-order valence-corrected chi connectivity index (χ1v) is 11.9. The SMILES string of the molecule is O=C(ON=C1C(c2ccccc2)=C(NOC(=O)c2ccc(Cl)cc2)c2ccccc21)c1ccc(Cl)cc1. The molecule has 1 N–H and O–H groups in total. The van der Waals surface area contributed by atoms with Crippen molar-refractivity contribution in [2.75, 3.05) is 0 Å². The summed E-state index contributed by atoms with van der Waals surface area (Å²) in [6.45, 7) is 0. The van der Waals surface area contributed by atoms with Crippen LogP contribution in [0.5, 0.6) is 0 Å². The van der Waals surface area contributed by atoms with Crippen LogP contribution in [-0.2, 0) is 9.68 Å². The second-order valence-corrected chi connectivity index (χ2v) is 8.86. The molecule has 0 aromatic heterocycles. The predicted molar refractivity (Wildman–Crippen MR) is 143 cm³/mol. The summed E-state index contributed by atoms with van der Waals surface area (Å²) in [7, 11) is 0. The molecule has 1 aliphatic rings. The maximum absolute atomic E-state index is 12.7. The minimum absolute atomic E-state index is 0.306. The van der Waals surface area contributed by atoms with E-state index in [2.05, 4.69) is 10.6 Å². The molecule has 0 saturated carbocycles. The van der Waals surface area contributed by atoms with Gasteiger partial charge in [0.1, 0.15) is 5.71 Å². The number of rotatable bonds is 6. The van der Waals surface area contributed by atoms with Crippen LogP contribution in [0, 0.1) is 0 Å². The van der Waals surface area contributed by atoms with Crippen LogP contribution in [-0.4, -0.2) is 17.7 Å². The maximum atomic E-state index is 12.7. The zero-order valence-electron chi connectivity index (χ0n) is 19.2. The number of oxime groups is 1. The van der Waals surface area contributed by atoms with E-state index in [-0.39, 0.29) is 0 Å². The monoisotopic (exact) mass is 528 g/mol. The Balaban J connectivity index is 1.52. The first kappa shape index (κ1) is 24.3. The Hall–Kier alpha value is -4.39. The van der Waals surface area contributed by atoms with E-state index in [1.54, 1.807) is 48.5 Å². The highest BCUT2D eigenvalue weighted by Gasteiger charge is 2.31. The molecule has 0 spiro atoms. The normalized spacial score (nSPS) is 13.3. The Labute approximate surface area is 222 Å². The number of hydroxylamine groups is 1. The fourth-order valence-corrected chi connectivity index (χ4v) is 4.10. The number of hydrogen-bond donors (Lipinski definition) is 1. The van der Waals surface area contributed by atoms with E-state index in [1.807, 2.05) is 54.6 Å². The van der Waals surface area contributed by atoms with Crippen molar-refractivity contribution in [3.63, 3.8) is 0 Å². The average Bonchev–Trinajstić information content (AvgIpc) is 3.25. The zero-order valence-corrected chi connectivity index (χ0v) is 20.7. The molecule has 6 nitrogen and oxygen atoms in total. The van der Waals surface area contributed by atoms with Crippen LogP contribution in [0.3, 0.4) is 0 Å². The molecule has 4 aromatic rings. The molecule has 0 saturated heterocycles. The molecule has 8 heteroatoms. The molecular weight excluding hydrogens is 511 g/mol. The van der Waals surface area contributed by atoms with Gasteiger partial charge in [-0.2, -0.15) is 0 Å². The molecule has 5 rings (SSSR count). The number of nitrogens with one attached hydrogen (secondary N) is 1. The Morgan fingerprint density at radius 2 is 1.19 bits per heavy atom. The van der Waals surface area contributed by atoms with Crippen molar-refractivity contribution >= 4 is 52.1 Å². The van der Waals surface area contributed by atoms with E-state index in [4.69, 9.17) is 32.9 Å². The largest absolute Gasteiger partial charge is 0.365 e. The molecule has 0 amide bonds. The third-order valence-electron chi connectivity index (χ3n) is 5.63. The molecule has 182 valence electrons. The fourth-order valence-electron chi connectivity index (χ4n) is 3.85. The number of benzene rings is 4. The molecule has 0 bridgehead atoms. The number of allylic oxidation sites excluding steroid dienone is 1. The summed E-state index contributed by atoms with van der Waals surface area (Å²) in [5, 5.41) is 5.26. The Morgan fingerprint density at radius 1 is 0.649 bits per heavy atom. The molecular formula is C29H18Cl2N2O4. The van der Waals surface area contributed by atoms with Gasteiger partial charge in [0.25, 0.3) is 0 Å². The van der Waals surface area contributed by atoms with E-state index < -0.39 is 11.9 Å². The topological polar surface area (TPSA) is 77.0 Å². The summed E-state index contributed by atoms with van der Waals surface area (Å²) < 4.78 is 0. The van der Waals surface area contributed by atoms with Crippen LogP contribution in [0.4, 0.5) is 0 Å². The summed E-state index contributed by atoms with van der Waals surface area (Å²) in [5.41, 5.74) is 7.19. The van der Waals surface area contributed by atoms with E-state index >= 15 is 0 Å². The van der Waals surface area contributed by atoms with Crippen LogP contribution in [0.15, 0.2) is 108 Å². The van der Waals surface area contributed by atoms with Gasteiger partial charge in [-0.15, -0.1) is 0 Å². The lowest BCUT2D eigenvalue weighted by molar-refractivity contribution is 0.0369. The van der Waals surface area contributed by atoms with Crippen molar-refractivity contribution in [2.45, 2.75) is 0 Å². The number of carbonyl (C=O) groups excluding carboxylic acids is 2. The zero-order chi connectivity index (χ0) is 25.8. The van der Waals surface area contributed by atoms with Crippen LogP contribution in [0.2, 0.25) is 10.0 Å². The molecule has 0 unspecified atom stereocenters. The number of fused-ring (bicyclic) bond motifs is 1. The predicted octanol–water partition coefficient (Wildman–Crippen LogP) is 6.80. The van der Waals surface area contributed by atoms with Crippen LogP contribution >= 0.6 is 23.2 Å². The van der Waals surface area contributed by atoms with Gasteiger partial charge in [0.05, 0.1) is 16.8 Å². The summed E-state index contributed by atoms with van der Waals surface area (Å²) in [6, 6.07) is 29.5. The van der Waals surface area contributed by atoms with Crippen molar-refractivity contribution in [3.05, 3.63) is 141 Å². The molecule has 0 heterocycles. The minimum atomic E-state index is -0.635. The minimum Gasteiger partial charge on any atom is -0.338 e. The second kappa shape index (κ2) is 10.7. The van der Waals surface area contributed by atoms with Gasteiger partial charge in [0.2, 0.25) is 0 Å². The summed E-state index contributed by atoms with van der Waals surface area (Å²) in [4.78, 5) is 36.1. The molecule has 0 fully saturated rings. The van der Waals surface area contributed by atoms with Crippen LogP contribution in [0.1, 0.15) is 37.4 Å². The highest BCUT2D eigenvalue weighted by molar-refractivity contribution is 6.41. The first-order chi connectivity index (χ1) is 18.0. The summed E-state index contributed by atoms with van der Waals surface area (Å²) in [5.74, 6) is -1.22. The van der Waals surface area contributed by atoms with E-state index in [9.17, 15) is 9.59 Å². The van der Waals surface area contributed by atoms with Gasteiger partial charge in [-0.3, -0.25) is 0 Å². The molecule has 1 aliphatic carbocycles. The van der Waals surface area contributed by atoms with Gasteiger partial charge < -0.3 is 9.68 Å². The highest BCUT2D eigenvalue weighted by atomic mass is 35.5. The number of halogens is 2. The standard InChI is InChI=1S/C29H18Cl2N2O4/c30-21-14-10-19(11-15-21)28(34)36-32-26-23-8-4-5-9-24(23)27(25(26)18-6-2-1-3-7-18)33-37-29(35)20-12-16-22(31)17-13-20/h1-17,32H. The first-order valence-electron chi connectivity index (χ1n) is 11.2. The number of hydrogen-bond acceptors (Lipinski definition) is 6. The van der Waals surface area contributed by atoms with E-state index in [0.717, 1.165) is 11.1 Å². The van der Waals surface area contributed by atoms with Gasteiger partial charge in [0, 0.05) is 26.7 Å². The molecule has 0 atom stereocenters. The lowest BCUT2D eigenvalue weighted by atomic mass is 10.0. The third kappa shape index (κ3) is 5.26.